The van der Waals surface area contributed by atoms with Gasteiger partial charge in [0, 0.05) is 25.2 Å². The van der Waals surface area contributed by atoms with Crippen molar-refractivity contribution >= 4 is 28.9 Å². The lowest BCUT2D eigenvalue weighted by atomic mass is 10.2. The summed E-state index contributed by atoms with van der Waals surface area (Å²) in [5.74, 6) is 0. The van der Waals surface area contributed by atoms with E-state index in [1.54, 1.807) is 37.6 Å². The molecule has 8 heteroatoms. The summed E-state index contributed by atoms with van der Waals surface area (Å²) >= 11 is 12.3. The third-order valence-corrected chi connectivity index (χ3v) is 4.60. The molecule has 0 bridgehead atoms. The van der Waals surface area contributed by atoms with Crippen LogP contribution >= 0.6 is 23.2 Å². The Morgan fingerprint density at radius 1 is 1.28 bits per heavy atom. The number of halogens is 2. The number of ether oxygens (including phenoxy) is 2. The van der Waals surface area contributed by atoms with Gasteiger partial charge in [-0.15, -0.1) is 0 Å². The van der Waals surface area contributed by atoms with Crippen LogP contribution in [0.15, 0.2) is 35.3 Å². The van der Waals surface area contributed by atoms with Gasteiger partial charge in [0.2, 0.25) is 0 Å². The SMILES string of the molecule is COCC1CN(c2cnn(-c3ccc(Cl)cc3)c(=O)c2Cl)CC(C)O1. The first-order valence-corrected chi connectivity index (χ1v) is 8.68. The molecule has 1 fully saturated rings. The molecule has 0 saturated carbocycles. The number of anilines is 1. The minimum absolute atomic E-state index is 0.00339. The van der Waals surface area contributed by atoms with Crippen LogP contribution in [0, 0.1) is 0 Å². The van der Waals surface area contributed by atoms with E-state index in [9.17, 15) is 4.79 Å². The minimum Gasteiger partial charge on any atom is -0.382 e. The second kappa shape index (κ2) is 7.74. The molecule has 2 atom stereocenters. The van der Waals surface area contributed by atoms with Crippen LogP contribution in [0.2, 0.25) is 10.0 Å². The molecule has 1 saturated heterocycles. The summed E-state index contributed by atoms with van der Waals surface area (Å²) in [6.07, 6.45) is 1.53. The Balaban J connectivity index is 1.92. The van der Waals surface area contributed by atoms with Gasteiger partial charge in [-0.1, -0.05) is 23.2 Å². The topological polar surface area (TPSA) is 56.6 Å². The molecule has 0 spiro atoms. The molecule has 134 valence electrons. The number of methoxy groups -OCH3 is 1. The van der Waals surface area contributed by atoms with E-state index in [1.807, 2.05) is 11.8 Å². The van der Waals surface area contributed by atoms with Crippen molar-refractivity contribution in [3.63, 3.8) is 0 Å². The Morgan fingerprint density at radius 2 is 2.00 bits per heavy atom. The van der Waals surface area contributed by atoms with Gasteiger partial charge in [-0.2, -0.15) is 9.78 Å². The normalized spacial score (nSPS) is 20.7. The predicted molar refractivity (Wildman–Crippen MR) is 98.3 cm³/mol. The molecule has 6 nitrogen and oxygen atoms in total. The van der Waals surface area contributed by atoms with Crippen LogP contribution in [-0.4, -0.2) is 48.8 Å². The van der Waals surface area contributed by atoms with Crippen molar-refractivity contribution in [1.29, 1.82) is 0 Å². The fourth-order valence-electron chi connectivity index (χ4n) is 2.93. The molecule has 1 aromatic carbocycles. The number of hydrogen-bond donors (Lipinski definition) is 0. The maximum atomic E-state index is 12.7. The Labute approximate surface area is 155 Å². The third kappa shape index (κ3) is 3.98. The van der Waals surface area contributed by atoms with E-state index >= 15 is 0 Å². The van der Waals surface area contributed by atoms with Gasteiger partial charge < -0.3 is 14.4 Å². The summed E-state index contributed by atoms with van der Waals surface area (Å²) in [5, 5.41) is 5.00. The van der Waals surface area contributed by atoms with E-state index in [0.29, 0.717) is 36.1 Å². The number of aromatic nitrogens is 2. The molecule has 0 radical (unpaired) electrons. The van der Waals surface area contributed by atoms with E-state index in [0.717, 1.165) is 0 Å². The molecule has 0 N–H and O–H groups in total. The maximum Gasteiger partial charge on any atom is 0.292 e. The van der Waals surface area contributed by atoms with Crippen LogP contribution in [0.4, 0.5) is 5.69 Å². The Morgan fingerprint density at radius 3 is 2.68 bits per heavy atom. The van der Waals surface area contributed by atoms with Crippen LogP contribution in [0.3, 0.4) is 0 Å². The van der Waals surface area contributed by atoms with Gasteiger partial charge in [0.05, 0.1) is 36.4 Å². The van der Waals surface area contributed by atoms with E-state index < -0.39 is 0 Å². The van der Waals surface area contributed by atoms with Gasteiger partial charge in [-0.25, -0.2) is 0 Å². The van der Waals surface area contributed by atoms with E-state index in [2.05, 4.69) is 5.10 Å². The van der Waals surface area contributed by atoms with Gasteiger partial charge in [0.15, 0.2) is 0 Å². The van der Waals surface area contributed by atoms with Crippen molar-refractivity contribution in [2.24, 2.45) is 0 Å². The van der Waals surface area contributed by atoms with Crippen molar-refractivity contribution in [3.8, 4) is 5.69 Å². The van der Waals surface area contributed by atoms with E-state index in [-0.39, 0.29) is 22.8 Å². The van der Waals surface area contributed by atoms with Gasteiger partial charge in [-0.3, -0.25) is 4.79 Å². The van der Waals surface area contributed by atoms with E-state index in [4.69, 9.17) is 32.7 Å². The molecule has 1 aliphatic rings. The third-order valence-electron chi connectivity index (χ3n) is 3.99. The number of hydrogen-bond acceptors (Lipinski definition) is 5. The summed E-state index contributed by atoms with van der Waals surface area (Å²) in [5.41, 5.74) is 0.840. The standard InChI is InChI=1S/C17H19Cl2N3O3/c1-11-8-21(9-14(25-11)10-24-2)15-7-20-22(17(23)16(15)19)13-5-3-12(18)4-6-13/h3-7,11,14H,8-10H2,1-2H3. The number of nitrogens with zero attached hydrogens (tertiary/aromatic N) is 3. The molecule has 25 heavy (non-hydrogen) atoms. The molecule has 0 amide bonds. The molecule has 2 heterocycles. The zero-order valence-corrected chi connectivity index (χ0v) is 15.5. The van der Waals surface area contributed by atoms with Crippen molar-refractivity contribution < 1.29 is 9.47 Å². The Hall–Kier alpha value is -1.60. The number of benzene rings is 1. The fraction of sp³-hybridized carbons (Fsp3) is 0.412. The highest BCUT2D eigenvalue weighted by atomic mass is 35.5. The predicted octanol–water partition coefficient (Wildman–Crippen LogP) is 2.78. The lowest BCUT2D eigenvalue weighted by Crippen LogP contribution is -2.48. The summed E-state index contributed by atoms with van der Waals surface area (Å²) in [6.45, 7) is 3.68. The Kier molecular flexibility index (Phi) is 5.64. The van der Waals surface area contributed by atoms with Crippen LogP contribution in [0.25, 0.3) is 5.69 Å². The smallest absolute Gasteiger partial charge is 0.292 e. The van der Waals surface area contributed by atoms with Crippen molar-refractivity contribution in [1.82, 2.24) is 9.78 Å². The summed E-state index contributed by atoms with van der Waals surface area (Å²) in [4.78, 5) is 14.7. The van der Waals surface area contributed by atoms with Gasteiger partial charge in [0.1, 0.15) is 5.02 Å². The molecule has 1 aliphatic heterocycles. The van der Waals surface area contributed by atoms with Crippen molar-refractivity contribution in [2.75, 3.05) is 31.7 Å². The van der Waals surface area contributed by atoms with Crippen LogP contribution in [0.1, 0.15) is 6.92 Å². The first-order valence-electron chi connectivity index (χ1n) is 7.92. The van der Waals surface area contributed by atoms with E-state index in [1.165, 1.54) is 4.68 Å². The van der Waals surface area contributed by atoms with Crippen molar-refractivity contribution in [2.45, 2.75) is 19.1 Å². The first kappa shape index (κ1) is 18.2. The number of rotatable bonds is 4. The van der Waals surface area contributed by atoms with Gasteiger partial charge in [-0.05, 0) is 31.2 Å². The second-order valence-corrected chi connectivity index (χ2v) is 6.78. The first-order chi connectivity index (χ1) is 12.0. The largest absolute Gasteiger partial charge is 0.382 e. The minimum atomic E-state index is -0.371. The highest BCUT2D eigenvalue weighted by Crippen LogP contribution is 2.25. The second-order valence-electron chi connectivity index (χ2n) is 5.97. The van der Waals surface area contributed by atoms with Crippen molar-refractivity contribution in [3.05, 3.63) is 50.9 Å². The zero-order valence-electron chi connectivity index (χ0n) is 14.0. The summed E-state index contributed by atoms with van der Waals surface area (Å²) in [7, 11) is 1.63. The molecule has 0 aliphatic carbocycles. The molecule has 1 aromatic heterocycles. The quantitative estimate of drug-likeness (QED) is 0.812. The lowest BCUT2D eigenvalue weighted by Gasteiger charge is -2.38. The van der Waals surface area contributed by atoms with Crippen LogP contribution in [-0.2, 0) is 9.47 Å². The average molecular weight is 384 g/mol. The molecule has 3 rings (SSSR count). The van der Waals surface area contributed by atoms with Crippen LogP contribution in [0.5, 0.6) is 0 Å². The van der Waals surface area contributed by atoms with Gasteiger partial charge >= 0.3 is 0 Å². The number of morpholine rings is 1. The molecule has 2 aromatic rings. The zero-order chi connectivity index (χ0) is 18.0. The molecule has 2 unspecified atom stereocenters. The average Bonchev–Trinajstić information content (AvgIpc) is 2.58. The van der Waals surface area contributed by atoms with Gasteiger partial charge in [0.25, 0.3) is 5.56 Å². The summed E-state index contributed by atoms with van der Waals surface area (Å²) < 4.78 is 12.3. The molecular formula is C17H19Cl2N3O3. The summed E-state index contributed by atoms with van der Waals surface area (Å²) in [6, 6.07) is 6.84. The molecular weight excluding hydrogens is 365 g/mol. The van der Waals surface area contributed by atoms with Crippen LogP contribution < -0.4 is 10.5 Å². The Bertz CT molecular complexity index is 795. The fourth-order valence-corrected chi connectivity index (χ4v) is 3.30. The highest BCUT2D eigenvalue weighted by Gasteiger charge is 2.27. The maximum absolute atomic E-state index is 12.7. The highest BCUT2D eigenvalue weighted by molar-refractivity contribution is 6.33. The monoisotopic (exact) mass is 383 g/mol. The lowest BCUT2D eigenvalue weighted by molar-refractivity contribution is -0.0511.